The van der Waals surface area contributed by atoms with E-state index in [4.69, 9.17) is 20.9 Å². The summed E-state index contributed by atoms with van der Waals surface area (Å²) in [6, 6.07) is 3.24. The Balaban J connectivity index is 2.01. The van der Waals surface area contributed by atoms with Crippen molar-refractivity contribution >= 4 is 17.6 Å². The summed E-state index contributed by atoms with van der Waals surface area (Å²) >= 11 is 0. The van der Waals surface area contributed by atoms with Gasteiger partial charge in [-0.05, 0) is 25.0 Å². The van der Waals surface area contributed by atoms with Gasteiger partial charge in [-0.2, -0.15) is 0 Å². The second kappa shape index (κ2) is 4.12. The molecular formula is C11H15N3O3. The van der Waals surface area contributed by atoms with E-state index in [2.05, 4.69) is 4.98 Å². The number of nitrogen functional groups attached to an aromatic ring is 2. The van der Waals surface area contributed by atoms with Crippen LogP contribution in [0.2, 0.25) is 0 Å². The van der Waals surface area contributed by atoms with Crippen molar-refractivity contribution in [3.63, 3.8) is 0 Å². The van der Waals surface area contributed by atoms with Crippen molar-refractivity contribution < 1.29 is 14.3 Å². The van der Waals surface area contributed by atoms with Gasteiger partial charge in [-0.25, -0.2) is 4.98 Å². The number of carbonyl (C=O) groups is 1. The highest BCUT2D eigenvalue weighted by atomic mass is 16.5. The van der Waals surface area contributed by atoms with Gasteiger partial charge < -0.3 is 20.9 Å². The van der Waals surface area contributed by atoms with Crippen LogP contribution < -0.4 is 16.2 Å². The molecule has 1 saturated carbocycles. The quantitative estimate of drug-likeness (QED) is 0.743. The lowest BCUT2D eigenvalue weighted by Gasteiger charge is -2.14. The van der Waals surface area contributed by atoms with Crippen molar-refractivity contribution in [3.8, 4) is 5.75 Å². The van der Waals surface area contributed by atoms with E-state index >= 15 is 0 Å². The molecule has 2 rings (SSSR count). The Morgan fingerprint density at radius 3 is 2.71 bits per heavy atom. The van der Waals surface area contributed by atoms with E-state index in [0.717, 1.165) is 12.8 Å². The third-order valence-corrected chi connectivity index (χ3v) is 2.88. The highest BCUT2D eigenvalue weighted by molar-refractivity contribution is 5.80. The van der Waals surface area contributed by atoms with Crippen LogP contribution in [-0.2, 0) is 9.53 Å². The van der Waals surface area contributed by atoms with Crippen molar-refractivity contribution in [1.29, 1.82) is 0 Å². The summed E-state index contributed by atoms with van der Waals surface area (Å²) in [5.74, 6) is 0.767. The fourth-order valence-electron chi connectivity index (χ4n) is 1.59. The van der Waals surface area contributed by atoms with Crippen LogP contribution in [0.25, 0.3) is 0 Å². The number of hydrogen-bond acceptors (Lipinski definition) is 6. The lowest BCUT2D eigenvalue weighted by molar-refractivity contribution is -0.148. The molecule has 0 spiro atoms. The van der Waals surface area contributed by atoms with E-state index in [1.807, 2.05) is 0 Å². The maximum atomic E-state index is 11.5. The third kappa shape index (κ3) is 2.25. The molecule has 0 atom stereocenters. The molecule has 0 aromatic carbocycles. The van der Waals surface area contributed by atoms with Crippen LogP contribution in [0.1, 0.15) is 12.8 Å². The predicted octanol–water partition coefficient (Wildman–Crippen LogP) is 0.578. The Kier molecular flexibility index (Phi) is 2.79. The van der Waals surface area contributed by atoms with Crippen LogP contribution in [-0.4, -0.2) is 24.7 Å². The highest BCUT2D eigenvalue weighted by Gasteiger charge is 2.52. The van der Waals surface area contributed by atoms with E-state index in [1.165, 1.54) is 7.11 Å². The van der Waals surface area contributed by atoms with Gasteiger partial charge in [-0.1, -0.05) is 0 Å². The zero-order valence-corrected chi connectivity index (χ0v) is 9.60. The second-order valence-corrected chi connectivity index (χ2v) is 4.18. The average molecular weight is 237 g/mol. The smallest absolute Gasteiger partial charge is 0.315 e. The fraction of sp³-hybridized carbons (Fsp3) is 0.455. The van der Waals surface area contributed by atoms with Crippen molar-refractivity contribution in [2.45, 2.75) is 12.8 Å². The van der Waals surface area contributed by atoms with Crippen LogP contribution >= 0.6 is 0 Å². The minimum Gasteiger partial charge on any atom is -0.489 e. The third-order valence-electron chi connectivity index (χ3n) is 2.88. The lowest BCUT2D eigenvalue weighted by atomic mass is 10.1. The van der Waals surface area contributed by atoms with Crippen molar-refractivity contribution in [3.05, 3.63) is 12.1 Å². The zero-order chi connectivity index (χ0) is 12.5. The summed E-state index contributed by atoms with van der Waals surface area (Å²) in [6.07, 6.45) is 1.56. The number of hydrogen-bond donors (Lipinski definition) is 2. The Labute approximate surface area is 98.9 Å². The van der Waals surface area contributed by atoms with Gasteiger partial charge in [0.1, 0.15) is 17.8 Å². The van der Waals surface area contributed by atoms with Crippen molar-refractivity contribution in [2.75, 3.05) is 25.2 Å². The number of methoxy groups -OCH3 is 1. The number of anilines is 2. The first-order valence-corrected chi connectivity index (χ1v) is 5.31. The van der Waals surface area contributed by atoms with Crippen LogP contribution in [0, 0.1) is 5.41 Å². The molecule has 4 N–H and O–H groups in total. The van der Waals surface area contributed by atoms with E-state index in [9.17, 15) is 4.79 Å². The summed E-state index contributed by atoms with van der Waals surface area (Å²) in [7, 11) is 1.38. The molecule has 0 saturated heterocycles. The minimum absolute atomic E-state index is 0.227. The number of pyridine rings is 1. The van der Waals surface area contributed by atoms with Crippen LogP contribution in [0.4, 0.5) is 11.6 Å². The van der Waals surface area contributed by atoms with Gasteiger partial charge in [0.15, 0.2) is 11.6 Å². The first kappa shape index (κ1) is 11.5. The van der Waals surface area contributed by atoms with E-state index in [1.54, 1.807) is 12.1 Å². The van der Waals surface area contributed by atoms with Crippen LogP contribution in [0.3, 0.4) is 0 Å². The lowest BCUT2D eigenvalue weighted by Crippen LogP contribution is -2.25. The molecular weight excluding hydrogens is 222 g/mol. The molecule has 92 valence electrons. The number of nitrogens with zero attached hydrogens (tertiary/aromatic N) is 1. The van der Waals surface area contributed by atoms with Crippen LogP contribution in [0.15, 0.2) is 12.1 Å². The van der Waals surface area contributed by atoms with E-state index < -0.39 is 5.41 Å². The van der Waals surface area contributed by atoms with Gasteiger partial charge in [0, 0.05) is 0 Å². The Morgan fingerprint density at radius 2 is 2.18 bits per heavy atom. The molecule has 0 amide bonds. The number of aromatic nitrogens is 1. The normalized spacial score (nSPS) is 16.3. The molecule has 1 fully saturated rings. The molecule has 0 bridgehead atoms. The van der Waals surface area contributed by atoms with Crippen molar-refractivity contribution in [1.82, 2.24) is 4.98 Å². The molecule has 0 unspecified atom stereocenters. The average Bonchev–Trinajstić information content (AvgIpc) is 3.08. The molecule has 0 aliphatic heterocycles. The van der Waals surface area contributed by atoms with Gasteiger partial charge in [-0.15, -0.1) is 0 Å². The predicted molar refractivity (Wildman–Crippen MR) is 62.2 cm³/mol. The number of nitrogens with two attached hydrogens (primary N) is 2. The second-order valence-electron chi connectivity index (χ2n) is 4.18. The Morgan fingerprint density at radius 1 is 1.47 bits per heavy atom. The molecule has 1 aliphatic carbocycles. The van der Waals surface area contributed by atoms with Gasteiger partial charge >= 0.3 is 5.97 Å². The summed E-state index contributed by atoms with van der Waals surface area (Å²) < 4.78 is 10.2. The maximum absolute atomic E-state index is 11.5. The molecule has 1 heterocycles. The molecule has 1 aromatic rings. The number of carbonyl (C=O) groups excluding carboxylic acids is 1. The standard InChI is InChI=1S/C11H15N3O3/c1-16-10(15)11(4-5-11)6-17-7-2-3-8(12)14-9(7)13/h2-3H,4-6H2,1H3,(H4,12,13,14). The van der Waals surface area contributed by atoms with E-state index in [-0.39, 0.29) is 18.4 Å². The zero-order valence-electron chi connectivity index (χ0n) is 9.60. The molecule has 1 aromatic heterocycles. The number of esters is 1. The van der Waals surface area contributed by atoms with Crippen LogP contribution in [0.5, 0.6) is 5.75 Å². The fourth-order valence-corrected chi connectivity index (χ4v) is 1.59. The number of ether oxygens (including phenoxy) is 2. The van der Waals surface area contributed by atoms with Gasteiger partial charge in [0.25, 0.3) is 0 Å². The Bertz CT molecular complexity index is 444. The van der Waals surface area contributed by atoms with Gasteiger partial charge in [0.05, 0.1) is 7.11 Å². The highest BCUT2D eigenvalue weighted by Crippen LogP contribution is 2.47. The first-order chi connectivity index (χ1) is 8.07. The molecule has 1 aliphatic rings. The maximum Gasteiger partial charge on any atom is 0.315 e. The molecule has 6 nitrogen and oxygen atoms in total. The van der Waals surface area contributed by atoms with E-state index in [0.29, 0.717) is 11.6 Å². The summed E-state index contributed by atoms with van der Waals surface area (Å²) in [5.41, 5.74) is 10.6. The summed E-state index contributed by atoms with van der Waals surface area (Å²) in [6.45, 7) is 0.259. The molecule has 6 heteroatoms. The number of rotatable bonds is 4. The molecule has 0 radical (unpaired) electrons. The monoisotopic (exact) mass is 237 g/mol. The first-order valence-electron chi connectivity index (χ1n) is 5.31. The topological polar surface area (TPSA) is 100 Å². The SMILES string of the molecule is COC(=O)C1(COc2ccc(N)nc2N)CC1. The summed E-state index contributed by atoms with van der Waals surface area (Å²) in [4.78, 5) is 15.4. The largest absolute Gasteiger partial charge is 0.489 e. The molecule has 17 heavy (non-hydrogen) atoms. The van der Waals surface area contributed by atoms with Gasteiger partial charge in [0.2, 0.25) is 0 Å². The van der Waals surface area contributed by atoms with Crippen molar-refractivity contribution in [2.24, 2.45) is 5.41 Å². The summed E-state index contributed by atoms with van der Waals surface area (Å²) in [5, 5.41) is 0. The van der Waals surface area contributed by atoms with Gasteiger partial charge in [-0.3, -0.25) is 4.79 Å². The Hall–Kier alpha value is -1.98. The minimum atomic E-state index is -0.497.